The van der Waals surface area contributed by atoms with Gasteiger partial charge < -0.3 is 5.32 Å². The Labute approximate surface area is 165 Å². The molecule has 3 aromatic rings. The highest BCUT2D eigenvalue weighted by Crippen LogP contribution is 2.16. The average Bonchev–Trinajstić information content (AvgIpc) is 3.22. The minimum Gasteiger partial charge on any atom is -0.321 e. The molecule has 27 heavy (non-hydrogen) atoms. The molecule has 1 heterocycles. The number of halogens is 1. The first-order valence-corrected chi connectivity index (χ1v) is 9.35. The third-order valence-electron chi connectivity index (χ3n) is 3.75. The van der Waals surface area contributed by atoms with Gasteiger partial charge in [-0.05, 0) is 48.2 Å². The topological polar surface area (TPSA) is 70.6 Å². The van der Waals surface area contributed by atoms with E-state index in [1.807, 2.05) is 23.6 Å². The molecule has 2 amide bonds. The largest absolute Gasteiger partial charge is 0.321 e. The molecule has 0 saturated heterocycles. The maximum atomic E-state index is 12.1. The zero-order chi connectivity index (χ0) is 19.2. The minimum absolute atomic E-state index is 0.143. The number of rotatable bonds is 5. The van der Waals surface area contributed by atoms with Crippen LogP contribution in [0.15, 0.2) is 71.1 Å². The number of carbonyl (C=O) groups is 2. The molecule has 0 aliphatic rings. The number of hydrogen-bond donors (Lipinski definition) is 2. The number of nitrogens with zero attached hydrogens (tertiary/aromatic N) is 1. The van der Waals surface area contributed by atoms with Crippen molar-refractivity contribution in [3.63, 3.8) is 0 Å². The summed E-state index contributed by atoms with van der Waals surface area (Å²) >= 11 is 7.39. The molecule has 0 fully saturated rings. The van der Waals surface area contributed by atoms with E-state index in [0.29, 0.717) is 26.9 Å². The van der Waals surface area contributed by atoms with Gasteiger partial charge in [-0.25, -0.2) is 5.43 Å². The van der Waals surface area contributed by atoms with Crippen LogP contribution in [0, 0.1) is 0 Å². The molecule has 2 aromatic carbocycles. The van der Waals surface area contributed by atoms with Crippen LogP contribution in [0.25, 0.3) is 0 Å². The third kappa shape index (κ3) is 4.81. The first-order chi connectivity index (χ1) is 13.0. The SMILES string of the molecule is CC(=NNC(=O)c1ccccc1Cl)c1ccc(NC(=O)c2cccs2)cc1. The van der Waals surface area contributed by atoms with Crippen molar-refractivity contribution < 1.29 is 9.59 Å². The van der Waals surface area contributed by atoms with Gasteiger partial charge >= 0.3 is 0 Å². The molecule has 3 rings (SSSR count). The van der Waals surface area contributed by atoms with E-state index in [0.717, 1.165) is 5.56 Å². The van der Waals surface area contributed by atoms with Crippen LogP contribution in [0.2, 0.25) is 5.02 Å². The zero-order valence-corrected chi connectivity index (χ0v) is 16.0. The molecule has 0 aliphatic carbocycles. The van der Waals surface area contributed by atoms with E-state index in [1.54, 1.807) is 49.4 Å². The van der Waals surface area contributed by atoms with Crippen molar-refractivity contribution in [3.8, 4) is 0 Å². The molecule has 0 atom stereocenters. The number of anilines is 1. The van der Waals surface area contributed by atoms with Gasteiger partial charge in [0, 0.05) is 5.69 Å². The molecule has 7 heteroatoms. The number of nitrogens with one attached hydrogen (secondary N) is 2. The van der Waals surface area contributed by atoms with E-state index in [4.69, 9.17) is 11.6 Å². The predicted molar refractivity (Wildman–Crippen MR) is 110 cm³/mol. The summed E-state index contributed by atoms with van der Waals surface area (Å²) in [5.74, 6) is -0.519. The fourth-order valence-electron chi connectivity index (χ4n) is 2.30. The molecule has 5 nitrogen and oxygen atoms in total. The zero-order valence-electron chi connectivity index (χ0n) is 14.4. The van der Waals surface area contributed by atoms with Gasteiger partial charge in [0.05, 0.1) is 21.2 Å². The van der Waals surface area contributed by atoms with Crippen molar-refractivity contribution in [1.29, 1.82) is 0 Å². The van der Waals surface area contributed by atoms with Gasteiger partial charge in [-0.15, -0.1) is 11.3 Å². The summed E-state index contributed by atoms with van der Waals surface area (Å²) in [7, 11) is 0. The first-order valence-electron chi connectivity index (χ1n) is 8.09. The molecule has 2 N–H and O–H groups in total. The molecule has 0 bridgehead atoms. The Kier molecular flexibility index (Phi) is 6.01. The third-order valence-corrected chi connectivity index (χ3v) is 4.95. The highest BCUT2D eigenvalue weighted by molar-refractivity contribution is 7.12. The van der Waals surface area contributed by atoms with Crippen molar-refractivity contribution >= 4 is 46.2 Å². The molecule has 1 aromatic heterocycles. The van der Waals surface area contributed by atoms with Crippen LogP contribution in [-0.4, -0.2) is 17.5 Å². The first kappa shape index (κ1) is 18.8. The van der Waals surface area contributed by atoms with Crippen LogP contribution in [-0.2, 0) is 0 Å². The Hall–Kier alpha value is -2.96. The molecule has 0 spiro atoms. The van der Waals surface area contributed by atoms with E-state index in [2.05, 4.69) is 15.8 Å². The van der Waals surface area contributed by atoms with E-state index in [1.165, 1.54) is 11.3 Å². The van der Waals surface area contributed by atoms with Crippen LogP contribution in [0.3, 0.4) is 0 Å². The highest BCUT2D eigenvalue weighted by Gasteiger charge is 2.09. The maximum Gasteiger partial charge on any atom is 0.272 e. The van der Waals surface area contributed by atoms with E-state index < -0.39 is 0 Å². The summed E-state index contributed by atoms with van der Waals surface area (Å²) in [5, 5.41) is 9.18. The van der Waals surface area contributed by atoms with Gasteiger partial charge in [0.1, 0.15) is 0 Å². The molecule has 136 valence electrons. The summed E-state index contributed by atoms with van der Waals surface area (Å²) in [6.45, 7) is 1.78. The van der Waals surface area contributed by atoms with Crippen molar-refractivity contribution in [2.75, 3.05) is 5.32 Å². The smallest absolute Gasteiger partial charge is 0.272 e. The van der Waals surface area contributed by atoms with Crippen LogP contribution in [0.1, 0.15) is 32.5 Å². The normalized spacial score (nSPS) is 11.1. The van der Waals surface area contributed by atoms with Gasteiger partial charge in [-0.1, -0.05) is 41.9 Å². The molecule has 0 unspecified atom stereocenters. The molecular weight excluding hydrogens is 382 g/mol. The Balaban J connectivity index is 1.64. The second-order valence-electron chi connectivity index (χ2n) is 5.63. The number of thiophene rings is 1. The fraction of sp³-hybridized carbons (Fsp3) is 0.0500. The van der Waals surface area contributed by atoms with Gasteiger partial charge in [0.15, 0.2) is 0 Å². The summed E-state index contributed by atoms with van der Waals surface area (Å²) in [5.41, 5.74) is 5.00. The van der Waals surface area contributed by atoms with E-state index >= 15 is 0 Å². The van der Waals surface area contributed by atoms with E-state index in [9.17, 15) is 9.59 Å². The minimum atomic E-state index is -0.375. The van der Waals surface area contributed by atoms with Crippen molar-refractivity contribution in [3.05, 3.63) is 87.1 Å². The predicted octanol–water partition coefficient (Wildman–Crippen LogP) is 4.81. The van der Waals surface area contributed by atoms with Crippen LogP contribution in [0.4, 0.5) is 5.69 Å². The molecule has 0 aliphatic heterocycles. The quantitative estimate of drug-likeness (QED) is 0.479. The van der Waals surface area contributed by atoms with Crippen molar-refractivity contribution in [2.45, 2.75) is 6.92 Å². The lowest BCUT2D eigenvalue weighted by atomic mass is 10.1. The van der Waals surface area contributed by atoms with Gasteiger partial charge in [0.2, 0.25) is 0 Å². The van der Waals surface area contributed by atoms with Crippen LogP contribution < -0.4 is 10.7 Å². The Morgan fingerprint density at radius 1 is 0.963 bits per heavy atom. The molecule has 0 saturated carbocycles. The number of carbonyl (C=O) groups excluding carboxylic acids is 2. The van der Waals surface area contributed by atoms with Crippen molar-refractivity contribution in [2.24, 2.45) is 5.10 Å². The van der Waals surface area contributed by atoms with Gasteiger partial charge in [-0.3, -0.25) is 9.59 Å². The molecular formula is C20H16ClN3O2S. The van der Waals surface area contributed by atoms with Crippen molar-refractivity contribution in [1.82, 2.24) is 5.43 Å². The number of hydrazone groups is 1. The maximum absolute atomic E-state index is 12.1. The summed E-state index contributed by atoms with van der Waals surface area (Å²) in [6.07, 6.45) is 0. The summed E-state index contributed by atoms with van der Waals surface area (Å²) < 4.78 is 0. The fourth-order valence-corrected chi connectivity index (χ4v) is 3.14. The highest BCUT2D eigenvalue weighted by atomic mass is 35.5. The summed E-state index contributed by atoms with van der Waals surface area (Å²) in [6, 6.07) is 17.6. The Morgan fingerprint density at radius 3 is 2.37 bits per heavy atom. The molecule has 0 radical (unpaired) electrons. The van der Waals surface area contributed by atoms with E-state index in [-0.39, 0.29) is 11.8 Å². The van der Waals surface area contributed by atoms with Crippen LogP contribution in [0.5, 0.6) is 0 Å². The lowest BCUT2D eigenvalue weighted by Crippen LogP contribution is -2.19. The Morgan fingerprint density at radius 2 is 1.70 bits per heavy atom. The standard InChI is InChI=1S/C20H16ClN3O2S/c1-13(23-24-19(25)16-5-2-3-6-17(16)21)14-8-10-15(11-9-14)22-20(26)18-7-4-12-27-18/h2-12H,1H3,(H,22,26)(H,24,25). The lowest BCUT2D eigenvalue weighted by molar-refractivity contribution is 0.0954. The second kappa shape index (κ2) is 8.62. The Bertz CT molecular complexity index is 983. The monoisotopic (exact) mass is 397 g/mol. The van der Waals surface area contributed by atoms with Crippen LogP contribution >= 0.6 is 22.9 Å². The summed E-state index contributed by atoms with van der Waals surface area (Å²) in [4.78, 5) is 24.8. The lowest BCUT2D eigenvalue weighted by Gasteiger charge is -2.06. The number of benzene rings is 2. The van der Waals surface area contributed by atoms with Gasteiger partial charge in [-0.2, -0.15) is 5.10 Å². The average molecular weight is 398 g/mol. The second-order valence-corrected chi connectivity index (χ2v) is 6.98. The van der Waals surface area contributed by atoms with Gasteiger partial charge in [0.25, 0.3) is 11.8 Å². The number of amides is 2. The number of hydrogen-bond acceptors (Lipinski definition) is 4.